The van der Waals surface area contributed by atoms with Crippen LogP contribution in [-0.4, -0.2) is 30.0 Å². The zero-order valence-electron chi connectivity index (χ0n) is 13.4. The fourth-order valence-corrected chi connectivity index (χ4v) is 2.06. The third kappa shape index (κ3) is 5.36. The molecule has 2 rings (SSSR count). The van der Waals surface area contributed by atoms with Gasteiger partial charge in [-0.15, -0.1) is 0 Å². The van der Waals surface area contributed by atoms with Crippen LogP contribution >= 0.6 is 0 Å². The van der Waals surface area contributed by atoms with Gasteiger partial charge in [0, 0.05) is 30.5 Å². The zero-order chi connectivity index (χ0) is 19.2. The van der Waals surface area contributed by atoms with Gasteiger partial charge in [0.15, 0.2) is 0 Å². The largest absolute Gasteiger partial charge is 0.419 e. The van der Waals surface area contributed by atoms with Crippen molar-refractivity contribution in [2.45, 2.75) is 6.18 Å². The molecule has 3 amide bonds. The second-order valence-corrected chi connectivity index (χ2v) is 5.15. The lowest BCUT2D eigenvalue weighted by atomic mass is 10.2. The van der Waals surface area contributed by atoms with Gasteiger partial charge in [0.1, 0.15) is 5.82 Å². The highest BCUT2D eigenvalue weighted by molar-refractivity contribution is 5.95. The van der Waals surface area contributed by atoms with Crippen LogP contribution < -0.4 is 21.7 Å². The van der Waals surface area contributed by atoms with Crippen molar-refractivity contribution in [3.63, 3.8) is 0 Å². The molecule has 0 aliphatic carbocycles. The second kappa shape index (κ2) is 8.19. The maximum Gasteiger partial charge on any atom is 0.419 e. The summed E-state index contributed by atoms with van der Waals surface area (Å²) in [5.74, 6) is -0.939. The number of anilines is 2. The highest BCUT2D eigenvalue weighted by atomic mass is 19.4. The van der Waals surface area contributed by atoms with E-state index in [0.717, 1.165) is 6.07 Å². The second-order valence-electron chi connectivity index (χ2n) is 5.15. The van der Waals surface area contributed by atoms with Gasteiger partial charge in [0.25, 0.3) is 0 Å². The molecule has 1 aromatic heterocycles. The Kier molecular flexibility index (Phi) is 5.99. The van der Waals surface area contributed by atoms with Crippen LogP contribution in [0, 0.1) is 0 Å². The molecule has 5 N–H and O–H groups in total. The molecule has 0 bridgehead atoms. The third-order valence-electron chi connectivity index (χ3n) is 3.22. The fourth-order valence-electron chi connectivity index (χ4n) is 2.06. The molecule has 26 heavy (non-hydrogen) atoms. The number of carbonyl (C=O) groups is 2. The highest BCUT2D eigenvalue weighted by Gasteiger charge is 2.33. The normalized spacial score (nSPS) is 10.9. The smallest absolute Gasteiger partial charge is 0.368 e. The number of nitrogens with two attached hydrogens (primary N) is 1. The maximum absolute atomic E-state index is 12.8. The third-order valence-corrected chi connectivity index (χ3v) is 3.22. The zero-order valence-corrected chi connectivity index (χ0v) is 13.4. The van der Waals surface area contributed by atoms with E-state index in [4.69, 9.17) is 5.73 Å². The molecule has 0 aliphatic heterocycles. The summed E-state index contributed by atoms with van der Waals surface area (Å²) >= 11 is 0. The summed E-state index contributed by atoms with van der Waals surface area (Å²) in [7, 11) is 0. The van der Waals surface area contributed by atoms with E-state index in [1.807, 2.05) is 0 Å². The lowest BCUT2D eigenvalue weighted by molar-refractivity contribution is -0.137. The lowest BCUT2D eigenvalue weighted by Crippen LogP contribution is -2.33. The van der Waals surface area contributed by atoms with Crippen LogP contribution in [0.3, 0.4) is 0 Å². The topological polar surface area (TPSA) is 109 Å². The van der Waals surface area contributed by atoms with Gasteiger partial charge in [-0.2, -0.15) is 13.2 Å². The van der Waals surface area contributed by atoms with Crippen LogP contribution in [0.5, 0.6) is 0 Å². The molecule has 1 heterocycles. The number of alkyl halides is 3. The van der Waals surface area contributed by atoms with Crippen LogP contribution in [0.4, 0.5) is 29.5 Å². The Morgan fingerprint density at radius 3 is 2.58 bits per heavy atom. The predicted octanol–water partition coefficient (Wildman–Crippen LogP) is 2.43. The van der Waals surface area contributed by atoms with E-state index in [9.17, 15) is 22.8 Å². The molecule has 2 aromatic rings. The van der Waals surface area contributed by atoms with Crippen molar-refractivity contribution in [1.29, 1.82) is 0 Å². The average Bonchev–Trinajstić information content (AvgIpc) is 2.58. The summed E-state index contributed by atoms with van der Waals surface area (Å²) in [6.45, 7) is 0.0874. The minimum absolute atomic E-state index is 0.0365. The number of rotatable bonds is 6. The molecule has 10 heteroatoms. The molecule has 0 saturated carbocycles. The summed E-state index contributed by atoms with van der Waals surface area (Å²) in [6, 6.07) is 7.56. The van der Waals surface area contributed by atoms with E-state index >= 15 is 0 Å². The molecule has 0 radical (unpaired) electrons. The number of halogens is 3. The monoisotopic (exact) mass is 367 g/mol. The number of benzene rings is 1. The van der Waals surface area contributed by atoms with Crippen LogP contribution in [0.25, 0.3) is 0 Å². The van der Waals surface area contributed by atoms with Crippen LogP contribution in [0.15, 0.2) is 42.6 Å². The molecule has 0 aliphatic rings. The minimum Gasteiger partial charge on any atom is -0.368 e. The number of urea groups is 1. The first-order valence-corrected chi connectivity index (χ1v) is 7.48. The first-order valence-electron chi connectivity index (χ1n) is 7.48. The summed E-state index contributed by atoms with van der Waals surface area (Å²) in [6.07, 6.45) is -3.28. The first kappa shape index (κ1) is 19.0. The van der Waals surface area contributed by atoms with Gasteiger partial charge in [-0.1, -0.05) is 6.07 Å². The Labute approximate surface area is 146 Å². The molecule has 0 saturated heterocycles. The Morgan fingerprint density at radius 1 is 1.12 bits per heavy atom. The Morgan fingerprint density at radius 2 is 1.88 bits per heavy atom. The number of nitrogens with one attached hydrogen (secondary N) is 3. The molecule has 0 atom stereocenters. The molecular weight excluding hydrogens is 351 g/mol. The number of aromatic nitrogens is 1. The highest BCUT2D eigenvalue weighted by Crippen LogP contribution is 2.33. The molecule has 0 fully saturated rings. The Bertz CT molecular complexity index is 795. The standard InChI is InChI=1S/C16H16F3N5O2/c17-16(18,19)12-5-2-6-21-14(12)22-7-8-23-15(26)24-11-4-1-3-10(9-11)13(20)25/h1-6,9H,7-8H2,(H2,20,25)(H,21,22)(H2,23,24,26). The molecule has 1 aromatic carbocycles. The number of hydrogen-bond donors (Lipinski definition) is 4. The Balaban J connectivity index is 1.83. The number of hydrogen-bond acceptors (Lipinski definition) is 4. The van der Waals surface area contributed by atoms with E-state index in [1.54, 1.807) is 12.1 Å². The first-order chi connectivity index (χ1) is 12.3. The SMILES string of the molecule is NC(=O)c1cccc(NC(=O)NCCNc2ncccc2C(F)(F)F)c1. The van der Waals surface area contributed by atoms with E-state index < -0.39 is 23.7 Å². The van der Waals surface area contributed by atoms with E-state index in [1.165, 1.54) is 24.4 Å². The van der Waals surface area contributed by atoms with Gasteiger partial charge in [0.05, 0.1) is 5.56 Å². The molecular formula is C16H16F3N5O2. The number of amides is 3. The number of nitrogens with zero attached hydrogens (tertiary/aromatic N) is 1. The van der Waals surface area contributed by atoms with Gasteiger partial charge in [-0.25, -0.2) is 9.78 Å². The van der Waals surface area contributed by atoms with Gasteiger partial charge in [-0.3, -0.25) is 4.79 Å². The van der Waals surface area contributed by atoms with Gasteiger partial charge in [-0.05, 0) is 30.3 Å². The van der Waals surface area contributed by atoms with E-state index in [0.29, 0.717) is 5.69 Å². The molecule has 138 valence electrons. The van der Waals surface area contributed by atoms with Gasteiger partial charge < -0.3 is 21.7 Å². The number of pyridine rings is 1. The molecule has 0 spiro atoms. The molecule has 7 nitrogen and oxygen atoms in total. The van der Waals surface area contributed by atoms with Crippen molar-refractivity contribution in [3.8, 4) is 0 Å². The minimum atomic E-state index is -4.52. The van der Waals surface area contributed by atoms with Crippen molar-refractivity contribution >= 4 is 23.4 Å². The number of carbonyl (C=O) groups excluding carboxylic acids is 2. The summed E-state index contributed by atoms with van der Waals surface area (Å²) < 4.78 is 38.5. The lowest BCUT2D eigenvalue weighted by Gasteiger charge is -2.13. The average molecular weight is 367 g/mol. The Hall–Kier alpha value is -3.30. The van der Waals surface area contributed by atoms with E-state index in [2.05, 4.69) is 20.9 Å². The quantitative estimate of drug-likeness (QED) is 0.588. The fraction of sp³-hybridized carbons (Fsp3) is 0.188. The van der Waals surface area contributed by atoms with Crippen molar-refractivity contribution < 1.29 is 22.8 Å². The predicted molar refractivity (Wildman–Crippen MR) is 89.7 cm³/mol. The van der Waals surface area contributed by atoms with Gasteiger partial charge in [0.2, 0.25) is 5.91 Å². The van der Waals surface area contributed by atoms with Crippen molar-refractivity contribution in [2.75, 3.05) is 23.7 Å². The van der Waals surface area contributed by atoms with Crippen molar-refractivity contribution in [1.82, 2.24) is 10.3 Å². The summed E-state index contributed by atoms with van der Waals surface area (Å²) in [4.78, 5) is 26.5. The van der Waals surface area contributed by atoms with Gasteiger partial charge >= 0.3 is 12.2 Å². The summed E-state index contributed by atoms with van der Waals surface area (Å²) in [5.41, 5.74) is 4.86. The van der Waals surface area contributed by atoms with Crippen LogP contribution in [0.1, 0.15) is 15.9 Å². The van der Waals surface area contributed by atoms with Crippen LogP contribution in [-0.2, 0) is 6.18 Å². The maximum atomic E-state index is 12.8. The number of primary amides is 1. The van der Waals surface area contributed by atoms with Crippen molar-refractivity contribution in [3.05, 3.63) is 53.7 Å². The van der Waals surface area contributed by atoms with Crippen LogP contribution in [0.2, 0.25) is 0 Å². The molecule has 0 unspecified atom stereocenters. The van der Waals surface area contributed by atoms with Crippen molar-refractivity contribution in [2.24, 2.45) is 5.73 Å². The van der Waals surface area contributed by atoms with E-state index in [-0.39, 0.29) is 24.5 Å². The summed E-state index contributed by atoms with van der Waals surface area (Å²) in [5, 5.41) is 7.49.